The lowest BCUT2D eigenvalue weighted by atomic mass is 9.95. The van der Waals surface area contributed by atoms with Crippen molar-refractivity contribution in [3.63, 3.8) is 0 Å². The molecule has 2 aromatic heterocycles. The summed E-state index contributed by atoms with van der Waals surface area (Å²) in [6, 6.07) is 0.215. The van der Waals surface area contributed by atoms with Gasteiger partial charge in [-0.25, -0.2) is 4.98 Å². The SMILES string of the molecule is C#C[C@H]1O[C@@H](n2cnc3c(NC4CCCCC4)nc(F)nc32)[C@H](O)[C@@H]1O. The Morgan fingerprint density at radius 1 is 1.23 bits per heavy atom. The topological polar surface area (TPSA) is 105 Å². The monoisotopic (exact) mass is 361 g/mol. The lowest BCUT2D eigenvalue weighted by Gasteiger charge is -2.23. The molecule has 0 spiro atoms. The van der Waals surface area contributed by atoms with Crippen molar-refractivity contribution in [2.45, 2.75) is 62.7 Å². The van der Waals surface area contributed by atoms with Gasteiger partial charge in [-0.05, 0) is 12.8 Å². The number of aromatic nitrogens is 4. The minimum absolute atomic E-state index is 0.171. The summed E-state index contributed by atoms with van der Waals surface area (Å²) in [6.07, 6.45) is 6.73. The molecule has 3 N–H and O–H groups in total. The molecule has 2 aliphatic rings. The van der Waals surface area contributed by atoms with E-state index in [2.05, 4.69) is 26.2 Å². The molecule has 138 valence electrons. The van der Waals surface area contributed by atoms with Gasteiger partial charge >= 0.3 is 6.08 Å². The first kappa shape index (κ1) is 17.1. The van der Waals surface area contributed by atoms with Crippen LogP contribution < -0.4 is 5.32 Å². The first-order valence-electron chi connectivity index (χ1n) is 8.73. The molecule has 1 saturated heterocycles. The van der Waals surface area contributed by atoms with Crippen LogP contribution in [0.3, 0.4) is 0 Å². The Bertz CT molecular complexity index is 845. The summed E-state index contributed by atoms with van der Waals surface area (Å²) >= 11 is 0. The van der Waals surface area contributed by atoms with Gasteiger partial charge in [0.1, 0.15) is 18.3 Å². The van der Waals surface area contributed by atoms with Gasteiger partial charge in [-0.1, -0.05) is 25.2 Å². The Morgan fingerprint density at radius 3 is 2.69 bits per heavy atom. The number of aliphatic hydroxyl groups excluding tert-OH is 2. The van der Waals surface area contributed by atoms with Crippen LogP contribution in [0.5, 0.6) is 0 Å². The minimum atomic E-state index is -1.28. The van der Waals surface area contributed by atoms with Crippen LogP contribution in [0, 0.1) is 18.4 Å². The molecule has 0 amide bonds. The van der Waals surface area contributed by atoms with Crippen LogP contribution in [0.1, 0.15) is 38.3 Å². The largest absolute Gasteiger partial charge is 0.386 e. The first-order chi connectivity index (χ1) is 12.6. The van der Waals surface area contributed by atoms with E-state index in [4.69, 9.17) is 11.2 Å². The maximum Gasteiger partial charge on any atom is 0.312 e. The summed E-state index contributed by atoms with van der Waals surface area (Å²) in [7, 11) is 0. The molecule has 3 heterocycles. The van der Waals surface area contributed by atoms with Crippen molar-refractivity contribution in [1.29, 1.82) is 0 Å². The lowest BCUT2D eigenvalue weighted by molar-refractivity contribution is -0.0231. The fraction of sp³-hybridized carbons (Fsp3) is 0.588. The molecular formula is C17H20FN5O3. The molecule has 1 aliphatic heterocycles. The van der Waals surface area contributed by atoms with Crippen molar-refractivity contribution < 1.29 is 19.3 Å². The zero-order valence-electron chi connectivity index (χ0n) is 14.0. The third kappa shape index (κ3) is 2.90. The number of ether oxygens (including phenoxy) is 1. The van der Waals surface area contributed by atoms with E-state index in [-0.39, 0.29) is 11.7 Å². The second kappa shape index (κ2) is 6.79. The van der Waals surface area contributed by atoms with Gasteiger partial charge < -0.3 is 20.3 Å². The number of fused-ring (bicyclic) bond motifs is 1. The van der Waals surface area contributed by atoms with Crippen LogP contribution in [0.4, 0.5) is 10.2 Å². The summed E-state index contributed by atoms with van der Waals surface area (Å²) in [5.74, 6) is 2.60. The number of imidazole rings is 1. The molecule has 1 saturated carbocycles. The zero-order chi connectivity index (χ0) is 18.3. The van der Waals surface area contributed by atoms with Crippen molar-refractivity contribution >= 4 is 17.0 Å². The maximum atomic E-state index is 14.0. The van der Waals surface area contributed by atoms with Crippen molar-refractivity contribution in [3.05, 3.63) is 12.4 Å². The highest BCUT2D eigenvalue weighted by molar-refractivity contribution is 5.83. The number of anilines is 1. The van der Waals surface area contributed by atoms with E-state index in [1.54, 1.807) is 0 Å². The average molecular weight is 361 g/mol. The summed E-state index contributed by atoms with van der Waals surface area (Å²) in [4.78, 5) is 11.9. The number of nitrogens with zero attached hydrogens (tertiary/aromatic N) is 4. The molecule has 0 radical (unpaired) electrons. The normalized spacial score (nSPS) is 29.8. The van der Waals surface area contributed by atoms with Gasteiger partial charge in [0.05, 0.1) is 6.33 Å². The van der Waals surface area contributed by atoms with Crippen LogP contribution >= 0.6 is 0 Å². The third-order valence-electron chi connectivity index (χ3n) is 5.02. The fourth-order valence-corrected chi connectivity index (χ4v) is 3.64. The van der Waals surface area contributed by atoms with E-state index in [0.717, 1.165) is 25.7 Å². The van der Waals surface area contributed by atoms with Gasteiger partial charge in [-0.3, -0.25) is 4.57 Å². The highest BCUT2D eigenvalue weighted by Gasteiger charge is 2.43. The Hall–Kier alpha value is -2.28. The quantitative estimate of drug-likeness (QED) is 0.552. The van der Waals surface area contributed by atoms with E-state index in [9.17, 15) is 14.6 Å². The minimum Gasteiger partial charge on any atom is -0.386 e. The Kier molecular flexibility index (Phi) is 4.48. The Morgan fingerprint density at radius 2 is 2.00 bits per heavy atom. The third-order valence-corrected chi connectivity index (χ3v) is 5.02. The molecule has 4 rings (SSSR count). The highest BCUT2D eigenvalue weighted by atomic mass is 19.1. The summed E-state index contributed by atoms with van der Waals surface area (Å²) in [5, 5.41) is 23.4. The van der Waals surface area contributed by atoms with Crippen molar-refractivity contribution in [3.8, 4) is 12.3 Å². The lowest BCUT2D eigenvalue weighted by Crippen LogP contribution is -2.30. The van der Waals surface area contributed by atoms with E-state index in [1.807, 2.05) is 0 Å². The molecule has 0 unspecified atom stereocenters. The van der Waals surface area contributed by atoms with Crippen LogP contribution in [-0.4, -0.2) is 54.1 Å². The van der Waals surface area contributed by atoms with E-state index < -0.39 is 30.6 Å². The van der Waals surface area contributed by atoms with E-state index in [0.29, 0.717) is 11.3 Å². The fourth-order valence-electron chi connectivity index (χ4n) is 3.64. The summed E-state index contributed by atoms with van der Waals surface area (Å²) < 4.78 is 20.9. The molecule has 26 heavy (non-hydrogen) atoms. The molecule has 2 aromatic rings. The summed E-state index contributed by atoms with van der Waals surface area (Å²) in [6.45, 7) is 0. The van der Waals surface area contributed by atoms with Crippen LogP contribution in [0.2, 0.25) is 0 Å². The zero-order valence-corrected chi connectivity index (χ0v) is 14.0. The number of terminal acetylenes is 1. The molecule has 8 nitrogen and oxygen atoms in total. The number of nitrogens with one attached hydrogen (secondary N) is 1. The Labute approximate surface area is 149 Å². The van der Waals surface area contributed by atoms with Crippen molar-refractivity contribution in [2.24, 2.45) is 0 Å². The first-order valence-corrected chi connectivity index (χ1v) is 8.73. The van der Waals surface area contributed by atoms with Gasteiger partial charge in [0.15, 0.2) is 23.2 Å². The van der Waals surface area contributed by atoms with Gasteiger partial charge in [0.2, 0.25) is 0 Å². The maximum absolute atomic E-state index is 14.0. The Balaban J connectivity index is 1.69. The molecule has 9 heteroatoms. The average Bonchev–Trinajstić information content (AvgIpc) is 3.17. The van der Waals surface area contributed by atoms with Gasteiger partial charge in [0, 0.05) is 6.04 Å². The van der Waals surface area contributed by atoms with Crippen LogP contribution in [0.15, 0.2) is 6.33 Å². The summed E-state index contributed by atoms with van der Waals surface area (Å²) in [5.41, 5.74) is 0.552. The van der Waals surface area contributed by atoms with Gasteiger partial charge in [0.25, 0.3) is 0 Å². The van der Waals surface area contributed by atoms with Gasteiger partial charge in [-0.2, -0.15) is 14.4 Å². The molecule has 0 bridgehead atoms. The number of halogens is 1. The van der Waals surface area contributed by atoms with Crippen molar-refractivity contribution in [2.75, 3.05) is 5.32 Å². The molecule has 2 fully saturated rings. The number of rotatable bonds is 3. The molecule has 1 aliphatic carbocycles. The predicted octanol–water partition coefficient (Wildman–Crippen LogP) is 0.962. The highest BCUT2D eigenvalue weighted by Crippen LogP contribution is 2.32. The molecule has 4 atom stereocenters. The van der Waals surface area contributed by atoms with Gasteiger partial charge in [-0.15, -0.1) is 6.42 Å². The number of hydrogen-bond donors (Lipinski definition) is 3. The predicted molar refractivity (Wildman–Crippen MR) is 90.5 cm³/mol. The number of hydrogen-bond acceptors (Lipinski definition) is 7. The van der Waals surface area contributed by atoms with Crippen LogP contribution in [0.25, 0.3) is 11.2 Å². The second-order valence-electron chi connectivity index (χ2n) is 6.74. The standard InChI is InChI=1S/C17H20FN5O3/c1-2-10-12(24)13(25)16(26-10)23-8-19-11-14(21-17(18)22-15(11)23)20-9-6-4-3-5-7-9/h1,8-10,12-13,16,24-25H,3-7H2,(H,20,21,22)/t10-,12-,13-,16-/m1/s1. The second-order valence-corrected chi connectivity index (χ2v) is 6.74. The van der Waals surface area contributed by atoms with Crippen LogP contribution in [-0.2, 0) is 4.74 Å². The smallest absolute Gasteiger partial charge is 0.312 e. The van der Waals surface area contributed by atoms with E-state index in [1.165, 1.54) is 17.3 Å². The van der Waals surface area contributed by atoms with Crippen molar-refractivity contribution in [1.82, 2.24) is 19.5 Å². The molecule has 0 aromatic carbocycles. The molecular weight excluding hydrogens is 341 g/mol. The van der Waals surface area contributed by atoms with E-state index >= 15 is 0 Å². The number of aliphatic hydroxyl groups is 2.